The molecule has 0 aliphatic heterocycles. The zero-order valence-electron chi connectivity index (χ0n) is 14.3. The van der Waals surface area contributed by atoms with Gasteiger partial charge in [0.15, 0.2) is 0 Å². The maximum atomic E-state index is 12.4. The minimum absolute atomic E-state index is 0.118. The molecule has 0 heterocycles. The molecule has 3 rings (SSSR count). The molecular weight excluding hydrogens is 348 g/mol. The van der Waals surface area contributed by atoms with Crippen LogP contribution in [-0.4, -0.2) is 22.7 Å². The largest absolute Gasteiger partial charge is 0.399 e. The van der Waals surface area contributed by atoms with Crippen LogP contribution in [0.25, 0.3) is 0 Å². The van der Waals surface area contributed by atoms with Gasteiger partial charge in [-0.2, -0.15) is 0 Å². The number of nitrogen functional groups attached to an aromatic ring is 1. The highest BCUT2D eigenvalue weighted by atomic mass is 35.5. The summed E-state index contributed by atoms with van der Waals surface area (Å²) in [5.74, 6) is 5.80. The van der Waals surface area contributed by atoms with Crippen LogP contribution in [0.4, 0.5) is 5.69 Å². The van der Waals surface area contributed by atoms with Crippen LogP contribution in [0.2, 0.25) is 5.02 Å². The fourth-order valence-electron chi connectivity index (χ4n) is 3.15. The molecule has 4 nitrogen and oxygen atoms in total. The highest BCUT2D eigenvalue weighted by Gasteiger charge is 2.33. The summed E-state index contributed by atoms with van der Waals surface area (Å²) >= 11 is 5.96. The van der Waals surface area contributed by atoms with Gasteiger partial charge in [0, 0.05) is 34.3 Å². The molecule has 0 bridgehead atoms. The van der Waals surface area contributed by atoms with E-state index in [1.54, 1.807) is 36.4 Å². The van der Waals surface area contributed by atoms with E-state index in [2.05, 4.69) is 17.2 Å². The van der Waals surface area contributed by atoms with Crippen molar-refractivity contribution in [2.45, 2.75) is 37.3 Å². The van der Waals surface area contributed by atoms with Crippen molar-refractivity contribution in [2.24, 2.45) is 0 Å². The standard InChI is InChI=1S/C21H21ClN2O2/c22-17-4-1-3-15(13-17)10-12-21(26)11-2-5-19(14-21)24-20(25)16-6-8-18(23)9-7-16/h1,3-4,6-9,13,19,26H,2,5,11,14,23H2,(H,24,25)/t19-,21+/m0/s1. The van der Waals surface area contributed by atoms with Gasteiger partial charge in [0.25, 0.3) is 5.91 Å². The van der Waals surface area contributed by atoms with Gasteiger partial charge in [-0.15, -0.1) is 0 Å². The normalized spacial score (nSPS) is 22.2. The summed E-state index contributed by atoms with van der Waals surface area (Å²) in [6.07, 6.45) is 2.62. The lowest BCUT2D eigenvalue weighted by Gasteiger charge is -2.33. The summed E-state index contributed by atoms with van der Waals surface area (Å²) in [7, 11) is 0. The van der Waals surface area contributed by atoms with Crippen LogP contribution in [-0.2, 0) is 0 Å². The summed E-state index contributed by atoms with van der Waals surface area (Å²) in [6, 6.07) is 13.9. The molecule has 2 aromatic carbocycles. The zero-order valence-corrected chi connectivity index (χ0v) is 15.1. The van der Waals surface area contributed by atoms with Crippen molar-refractivity contribution in [3.63, 3.8) is 0 Å². The first-order valence-electron chi connectivity index (χ1n) is 8.61. The third-order valence-electron chi connectivity index (χ3n) is 4.50. The Morgan fingerprint density at radius 3 is 2.77 bits per heavy atom. The van der Waals surface area contributed by atoms with Crippen molar-refractivity contribution < 1.29 is 9.90 Å². The summed E-state index contributed by atoms with van der Waals surface area (Å²) in [5, 5.41) is 14.4. The molecule has 2 aromatic rings. The Balaban J connectivity index is 1.66. The van der Waals surface area contributed by atoms with Crippen LogP contribution in [0, 0.1) is 11.8 Å². The van der Waals surface area contributed by atoms with E-state index in [0.717, 1.165) is 18.4 Å². The van der Waals surface area contributed by atoms with Gasteiger partial charge in [0.2, 0.25) is 0 Å². The average Bonchev–Trinajstić information content (AvgIpc) is 2.61. The second-order valence-corrected chi connectivity index (χ2v) is 7.12. The number of aliphatic hydroxyl groups is 1. The molecule has 0 saturated heterocycles. The maximum absolute atomic E-state index is 12.4. The van der Waals surface area contributed by atoms with Crippen LogP contribution in [0.15, 0.2) is 48.5 Å². The van der Waals surface area contributed by atoms with Crippen molar-refractivity contribution in [1.29, 1.82) is 0 Å². The average molecular weight is 369 g/mol. The third kappa shape index (κ3) is 4.78. The highest BCUT2D eigenvalue weighted by Crippen LogP contribution is 2.28. The number of hydrogen-bond donors (Lipinski definition) is 3. The molecule has 5 heteroatoms. The minimum Gasteiger partial charge on any atom is -0.399 e. The number of amides is 1. The SMILES string of the molecule is Nc1ccc(C(=O)N[C@H]2CCC[C@@](O)(C#Cc3cccc(Cl)c3)C2)cc1. The molecule has 1 saturated carbocycles. The summed E-state index contributed by atoms with van der Waals surface area (Å²) in [5.41, 5.74) is 6.47. The number of nitrogens with two attached hydrogens (primary N) is 1. The number of rotatable bonds is 2. The van der Waals surface area contributed by atoms with E-state index in [-0.39, 0.29) is 11.9 Å². The number of benzene rings is 2. The molecule has 0 unspecified atom stereocenters. The topological polar surface area (TPSA) is 75.4 Å². The minimum atomic E-state index is -1.11. The first kappa shape index (κ1) is 18.3. The van der Waals surface area contributed by atoms with Crippen LogP contribution in [0.3, 0.4) is 0 Å². The van der Waals surface area contributed by atoms with E-state index in [1.165, 1.54) is 0 Å². The molecule has 26 heavy (non-hydrogen) atoms. The number of anilines is 1. The molecular formula is C21H21ClN2O2. The van der Waals surface area contributed by atoms with Gasteiger partial charge in [-0.25, -0.2) is 0 Å². The van der Waals surface area contributed by atoms with Crippen molar-refractivity contribution >= 4 is 23.2 Å². The van der Waals surface area contributed by atoms with E-state index in [0.29, 0.717) is 29.1 Å². The Hall–Kier alpha value is -2.48. The molecule has 134 valence electrons. The highest BCUT2D eigenvalue weighted by molar-refractivity contribution is 6.30. The van der Waals surface area contributed by atoms with Gasteiger partial charge >= 0.3 is 0 Å². The van der Waals surface area contributed by atoms with E-state index in [1.807, 2.05) is 12.1 Å². The van der Waals surface area contributed by atoms with Crippen molar-refractivity contribution in [3.8, 4) is 11.8 Å². The molecule has 1 aliphatic carbocycles. The van der Waals surface area contributed by atoms with Crippen LogP contribution in [0.1, 0.15) is 41.6 Å². The maximum Gasteiger partial charge on any atom is 0.251 e. The Kier molecular flexibility index (Phi) is 5.51. The fourth-order valence-corrected chi connectivity index (χ4v) is 3.34. The number of hydrogen-bond acceptors (Lipinski definition) is 3. The first-order valence-corrected chi connectivity index (χ1v) is 8.99. The summed E-state index contributed by atoms with van der Waals surface area (Å²) in [6.45, 7) is 0. The van der Waals surface area contributed by atoms with Crippen LogP contribution < -0.4 is 11.1 Å². The molecule has 0 radical (unpaired) electrons. The second-order valence-electron chi connectivity index (χ2n) is 6.68. The molecule has 0 aromatic heterocycles. The Bertz CT molecular complexity index is 854. The number of carbonyl (C=O) groups excluding carboxylic acids is 1. The fraction of sp³-hybridized carbons (Fsp3) is 0.286. The van der Waals surface area contributed by atoms with E-state index >= 15 is 0 Å². The van der Waals surface area contributed by atoms with E-state index in [4.69, 9.17) is 17.3 Å². The number of carbonyl (C=O) groups is 1. The molecule has 1 aliphatic rings. The van der Waals surface area contributed by atoms with Crippen LogP contribution in [0.5, 0.6) is 0 Å². The quantitative estimate of drug-likeness (QED) is 0.562. The number of nitrogens with one attached hydrogen (secondary N) is 1. The molecule has 4 N–H and O–H groups in total. The first-order chi connectivity index (χ1) is 12.4. The Morgan fingerprint density at radius 2 is 2.04 bits per heavy atom. The van der Waals surface area contributed by atoms with Gasteiger partial charge in [0.05, 0.1) is 0 Å². The Labute approximate surface area is 158 Å². The van der Waals surface area contributed by atoms with Crippen LogP contribution >= 0.6 is 11.6 Å². The lowest BCUT2D eigenvalue weighted by molar-refractivity contribution is 0.0452. The van der Waals surface area contributed by atoms with Gasteiger partial charge < -0.3 is 16.2 Å². The van der Waals surface area contributed by atoms with E-state index < -0.39 is 5.60 Å². The zero-order chi connectivity index (χ0) is 18.6. The van der Waals surface area contributed by atoms with E-state index in [9.17, 15) is 9.90 Å². The van der Waals surface area contributed by atoms with Gasteiger partial charge in [-0.1, -0.05) is 29.5 Å². The summed E-state index contributed by atoms with van der Waals surface area (Å²) in [4.78, 5) is 12.4. The van der Waals surface area contributed by atoms with Gasteiger partial charge in [-0.05, 0) is 61.7 Å². The molecule has 2 atom stereocenters. The predicted molar refractivity (Wildman–Crippen MR) is 104 cm³/mol. The predicted octanol–water partition coefficient (Wildman–Crippen LogP) is 3.38. The number of halogens is 1. The van der Waals surface area contributed by atoms with Crippen molar-refractivity contribution in [2.75, 3.05) is 5.73 Å². The molecule has 1 amide bonds. The monoisotopic (exact) mass is 368 g/mol. The van der Waals surface area contributed by atoms with Crippen molar-refractivity contribution in [1.82, 2.24) is 5.32 Å². The second kappa shape index (κ2) is 7.82. The third-order valence-corrected chi connectivity index (χ3v) is 4.73. The Morgan fingerprint density at radius 1 is 1.27 bits per heavy atom. The lowest BCUT2D eigenvalue weighted by Crippen LogP contribution is -2.45. The van der Waals surface area contributed by atoms with Gasteiger partial charge in [0.1, 0.15) is 5.60 Å². The summed E-state index contributed by atoms with van der Waals surface area (Å²) < 4.78 is 0. The van der Waals surface area contributed by atoms with Crippen molar-refractivity contribution in [3.05, 3.63) is 64.7 Å². The molecule has 1 fully saturated rings. The smallest absolute Gasteiger partial charge is 0.251 e. The molecule has 0 spiro atoms. The van der Waals surface area contributed by atoms with Gasteiger partial charge in [-0.3, -0.25) is 4.79 Å². The lowest BCUT2D eigenvalue weighted by atomic mass is 9.82.